The number of carbonyl (C=O) groups excluding carboxylic acids is 1. The summed E-state index contributed by atoms with van der Waals surface area (Å²) >= 11 is 1.37. The number of tetrazole rings is 1. The molecular weight excluding hydrogens is 645 g/mol. The van der Waals surface area contributed by atoms with Gasteiger partial charge in [0.1, 0.15) is 5.56 Å². The average Bonchev–Trinajstić information content (AvgIpc) is 3.58. The number of anilines is 1. The van der Waals surface area contributed by atoms with Crippen LogP contribution in [-0.4, -0.2) is 43.1 Å². The highest BCUT2D eigenvalue weighted by Gasteiger charge is 2.34. The molecule has 0 unspecified atom stereocenters. The number of halogens is 5. The molecule has 1 saturated heterocycles. The van der Waals surface area contributed by atoms with E-state index in [1.807, 2.05) is 42.5 Å². The normalized spacial score (nSPS) is 17.9. The number of aliphatic hydroxyl groups excluding tert-OH is 1. The molecule has 0 bridgehead atoms. The lowest BCUT2D eigenvalue weighted by atomic mass is 10.0. The first kappa shape index (κ1) is 32.2. The van der Waals surface area contributed by atoms with Gasteiger partial charge in [0.25, 0.3) is 5.91 Å². The number of nitrogens with zero attached hydrogens (tertiary/aromatic N) is 4. The zero-order valence-corrected chi connectivity index (χ0v) is 24.9. The Morgan fingerprint density at radius 3 is 2.28 bits per heavy atom. The van der Waals surface area contributed by atoms with Crippen molar-refractivity contribution in [3.05, 3.63) is 130 Å². The standard InChI is InChI=1S/C32H24F5N5O4S/c33-25-24(26(34)28(36)29(37)27(25)35)30(44)38-20-6-4-5-19(13-20)31-45-22(14-23(46-31)18-11-9-17(15-43)10-12-18)16-47-32-39-40-41-42(32)21-7-2-1-3-8-21/h1-13,22-23,31,43H,14-16H2,(H,38,44)/t22-,23+,31+/m1/s1. The van der Waals surface area contributed by atoms with Crippen molar-refractivity contribution in [1.82, 2.24) is 20.2 Å². The van der Waals surface area contributed by atoms with E-state index in [9.17, 15) is 31.9 Å². The monoisotopic (exact) mass is 669 g/mol. The van der Waals surface area contributed by atoms with Crippen LogP contribution >= 0.6 is 11.8 Å². The van der Waals surface area contributed by atoms with Crippen molar-refractivity contribution < 1.29 is 41.3 Å². The van der Waals surface area contributed by atoms with Crippen LogP contribution in [0.15, 0.2) is 84.0 Å². The Balaban J connectivity index is 1.24. The Bertz CT molecular complexity index is 1870. The van der Waals surface area contributed by atoms with Crippen LogP contribution in [0.1, 0.15) is 45.9 Å². The molecule has 9 nitrogen and oxygen atoms in total. The van der Waals surface area contributed by atoms with Gasteiger partial charge in [-0.1, -0.05) is 66.4 Å². The summed E-state index contributed by atoms with van der Waals surface area (Å²) < 4.78 is 83.7. The second-order valence-electron chi connectivity index (χ2n) is 10.4. The Hall–Kier alpha value is -4.70. The van der Waals surface area contributed by atoms with Gasteiger partial charge in [-0.05, 0) is 45.8 Å². The molecule has 0 spiro atoms. The molecule has 1 aliphatic rings. The first-order valence-electron chi connectivity index (χ1n) is 14.1. The van der Waals surface area contributed by atoms with Crippen LogP contribution in [0, 0.1) is 29.1 Å². The van der Waals surface area contributed by atoms with Crippen LogP contribution in [0.3, 0.4) is 0 Å². The number of hydrogen-bond donors (Lipinski definition) is 2. The zero-order valence-electron chi connectivity index (χ0n) is 24.1. The highest BCUT2D eigenvalue weighted by molar-refractivity contribution is 7.99. The largest absolute Gasteiger partial charge is 0.392 e. The molecule has 2 heterocycles. The molecule has 1 fully saturated rings. The second kappa shape index (κ2) is 14.0. The first-order chi connectivity index (χ1) is 22.7. The number of rotatable bonds is 9. The fraction of sp³-hybridized carbons (Fsp3) is 0.188. The van der Waals surface area contributed by atoms with Gasteiger partial charge in [-0.2, -0.15) is 4.68 Å². The van der Waals surface area contributed by atoms with Gasteiger partial charge in [0.05, 0.1) is 24.5 Å². The summed E-state index contributed by atoms with van der Waals surface area (Å²) in [6.07, 6.45) is -1.43. The number of para-hydroxylation sites is 1. The second-order valence-corrected chi connectivity index (χ2v) is 11.4. The third-order valence-corrected chi connectivity index (χ3v) is 8.36. The summed E-state index contributed by atoms with van der Waals surface area (Å²) in [6, 6.07) is 22.5. The summed E-state index contributed by atoms with van der Waals surface area (Å²) in [6.45, 7) is -0.129. The molecule has 6 rings (SSSR count). The van der Waals surface area contributed by atoms with E-state index < -0.39 is 59.1 Å². The number of aliphatic hydroxyl groups is 1. The molecule has 4 aromatic carbocycles. The van der Waals surface area contributed by atoms with Gasteiger partial charge >= 0.3 is 0 Å². The van der Waals surface area contributed by atoms with Gasteiger partial charge < -0.3 is 19.9 Å². The maximum absolute atomic E-state index is 14.3. The molecule has 5 aromatic rings. The molecule has 47 heavy (non-hydrogen) atoms. The van der Waals surface area contributed by atoms with Crippen molar-refractivity contribution in [3.8, 4) is 5.69 Å². The lowest BCUT2D eigenvalue weighted by molar-refractivity contribution is -0.245. The minimum atomic E-state index is -2.37. The number of ether oxygens (including phenoxy) is 2. The van der Waals surface area contributed by atoms with Crippen LogP contribution < -0.4 is 5.32 Å². The quantitative estimate of drug-likeness (QED) is 0.0799. The van der Waals surface area contributed by atoms with E-state index >= 15 is 0 Å². The summed E-state index contributed by atoms with van der Waals surface area (Å²) in [5.41, 5.74) is 1.09. The van der Waals surface area contributed by atoms with Crippen LogP contribution in [0.2, 0.25) is 0 Å². The molecule has 15 heteroatoms. The third-order valence-electron chi connectivity index (χ3n) is 7.31. The minimum absolute atomic E-state index is 0.00831. The van der Waals surface area contributed by atoms with Gasteiger partial charge in [-0.3, -0.25) is 4.79 Å². The summed E-state index contributed by atoms with van der Waals surface area (Å²) in [4.78, 5) is 12.7. The molecule has 1 aromatic heterocycles. The van der Waals surface area contributed by atoms with E-state index in [-0.39, 0.29) is 12.3 Å². The van der Waals surface area contributed by atoms with Crippen molar-refractivity contribution in [2.24, 2.45) is 0 Å². The maximum atomic E-state index is 14.3. The number of nitrogens with one attached hydrogen (secondary N) is 1. The van der Waals surface area contributed by atoms with E-state index in [0.29, 0.717) is 22.9 Å². The third kappa shape index (κ3) is 6.88. The predicted molar refractivity (Wildman–Crippen MR) is 159 cm³/mol. The minimum Gasteiger partial charge on any atom is -0.392 e. The van der Waals surface area contributed by atoms with E-state index in [4.69, 9.17) is 9.47 Å². The van der Waals surface area contributed by atoms with E-state index in [1.54, 1.807) is 22.9 Å². The van der Waals surface area contributed by atoms with Crippen LogP contribution in [-0.2, 0) is 16.1 Å². The lowest BCUT2D eigenvalue weighted by Gasteiger charge is -2.36. The van der Waals surface area contributed by atoms with Gasteiger partial charge in [-0.15, -0.1) is 5.10 Å². The van der Waals surface area contributed by atoms with Gasteiger partial charge in [0, 0.05) is 23.4 Å². The Labute approximate surface area is 268 Å². The van der Waals surface area contributed by atoms with Crippen LogP contribution in [0.5, 0.6) is 0 Å². The SMILES string of the molecule is O=C(Nc1cccc([C@H]2O[C@@H](CSc3nnnn3-c3ccccc3)C[C@@H](c3ccc(CO)cc3)O2)c1)c1c(F)c(F)c(F)c(F)c1F. The van der Waals surface area contributed by atoms with Gasteiger partial charge in [0.2, 0.25) is 11.0 Å². The number of benzene rings is 4. The molecule has 2 N–H and O–H groups in total. The number of hydrogen-bond acceptors (Lipinski definition) is 8. The highest BCUT2D eigenvalue weighted by atomic mass is 32.2. The average molecular weight is 670 g/mol. The van der Waals surface area contributed by atoms with E-state index in [1.165, 1.54) is 30.0 Å². The van der Waals surface area contributed by atoms with E-state index in [0.717, 1.165) is 16.8 Å². The predicted octanol–water partition coefficient (Wildman–Crippen LogP) is 6.44. The molecule has 0 aliphatic carbocycles. The Kier molecular flexibility index (Phi) is 9.58. The number of thioether (sulfide) groups is 1. The number of aromatic nitrogens is 4. The van der Waals surface area contributed by atoms with Crippen LogP contribution in [0.4, 0.5) is 27.6 Å². The first-order valence-corrected chi connectivity index (χ1v) is 15.1. The van der Waals surface area contributed by atoms with Crippen molar-refractivity contribution in [3.63, 3.8) is 0 Å². The zero-order chi connectivity index (χ0) is 33.1. The molecule has 1 amide bonds. The molecular formula is C32H24F5N5O4S. The highest BCUT2D eigenvalue weighted by Crippen LogP contribution is 2.40. The fourth-order valence-electron chi connectivity index (χ4n) is 4.95. The maximum Gasteiger partial charge on any atom is 0.261 e. The molecule has 242 valence electrons. The summed E-state index contributed by atoms with van der Waals surface area (Å²) in [7, 11) is 0. The van der Waals surface area contributed by atoms with Gasteiger partial charge in [0.15, 0.2) is 29.6 Å². The lowest BCUT2D eigenvalue weighted by Crippen LogP contribution is -2.31. The van der Waals surface area contributed by atoms with Gasteiger partial charge in [-0.25, -0.2) is 22.0 Å². The van der Waals surface area contributed by atoms with Crippen molar-refractivity contribution in [2.75, 3.05) is 11.1 Å². The van der Waals surface area contributed by atoms with Crippen molar-refractivity contribution >= 4 is 23.4 Å². The van der Waals surface area contributed by atoms with Crippen molar-refractivity contribution in [2.45, 2.75) is 36.7 Å². The number of amides is 1. The summed E-state index contributed by atoms with van der Waals surface area (Å²) in [5.74, 6) is -12.4. The summed E-state index contributed by atoms with van der Waals surface area (Å²) in [5, 5.41) is 24.2. The topological polar surface area (TPSA) is 111 Å². The Morgan fingerprint density at radius 2 is 1.57 bits per heavy atom. The fourth-order valence-corrected chi connectivity index (χ4v) is 5.86. The van der Waals surface area contributed by atoms with Crippen LogP contribution in [0.25, 0.3) is 5.69 Å². The van der Waals surface area contributed by atoms with E-state index in [2.05, 4.69) is 20.8 Å². The number of carbonyl (C=O) groups is 1. The molecule has 0 radical (unpaired) electrons. The Morgan fingerprint density at radius 1 is 0.872 bits per heavy atom. The molecule has 1 aliphatic heterocycles. The molecule has 0 saturated carbocycles. The smallest absolute Gasteiger partial charge is 0.261 e. The van der Waals surface area contributed by atoms with Crippen molar-refractivity contribution in [1.29, 1.82) is 0 Å². The molecule has 3 atom stereocenters.